The van der Waals surface area contributed by atoms with E-state index in [1.54, 1.807) is 0 Å². The van der Waals surface area contributed by atoms with E-state index in [1.807, 2.05) is 0 Å². The Morgan fingerprint density at radius 3 is 2.21 bits per heavy atom. The van der Waals surface area contributed by atoms with Gasteiger partial charge in [-0.3, -0.25) is 0 Å². The van der Waals surface area contributed by atoms with Crippen LogP contribution in [0.2, 0.25) is 0 Å². The summed E-state index contributed by atoms with van der Waals surface area (Å²) in [5, 5.41) is 81.5. The summed E-state index contributed by atoms with van der Waals surface area (Å²) in [7, 11) is 0. The van der Waals surface area contributed by atoms with Crippen LogP contribution >= 0.6 is 0 Å². The Kier molecular flexibility index (Phi) is 11.9. The predicted molar refractivity (Wildman–Crippen MR) is 96.1 cm³/mol. The Labute approximate surface area is 164 Å². The fourth-order valence-electron chi connectivity index (χ4n) is 2.93. The topological polar surface area (TPSA) is 192 Å². The van der Waals surface area contributed by atoms with Gasteiger partial charge in [0.2, 0.25) is 0 Å². The quantitative estimate of drug-likeness (QED) is 0.134. The molecule has 9 N–H and O–H groups in total. The summed E-state index contributed by atoms with van der Waals surface area (Å²) >= 11 is 0. The lowest BCUT2D eigenvalue weighted by molar-refractivity contribution is -0.327. The van der Waals surface area contributed by atoms with Gasteiger partial charge in [-0.1, -0.05) is 19.8 Å². The van der Waals surface area contributed by atoms with E-state index in [-0.39, 0.29) is 6.54 Å². The smallest absolute Gasteiger partial charge is 0.187 e. The molecule has 1 aliphatic heterocycles. The Morgan fingerprint density at radius 2 is 1.64 bits per heavy atom. The zero-order valence-electron chi connectivity index (χ0n) is 16.0. The molecule has 0 radical (unpaired) electrons. The van der Waals surface area contributed by atoms with Crippen molar-refractivity contribution in [3.05, 3.63) is 0 Å². The maximum absolute atomic E-state index is 10.4. The van der Waals surface area contributed by atoms with E-state index in [0.717, 1.165) is 19.3 Å². The molecular weight excluding hydrogens is 378 g/mol. The molecule has 1 heterocycles. The zero-order chi connectivity index (χ0) is 21.3. The first-order valence-electron chi connectivity index (χ1n) is 9.60. The SMILES string of the molecule is CCCCCNC[C@H](O)[C@@H](O)[C@H](O[C@@H]1O[C@H](CO)[C@H](O)[C@H](O)[C@H]1O)[C@H](O)CO. The number of unbranched alkanes of at least 4 members (excludes halogenated alkanes) is 2. The van der Waals surface area contributed by atoms with Crippen molar-refractivity contribution in [2.24, 2.45) is 0 Å². The van der Waals surface area contributed by atoms with E-state index in [9.17, 15) is 40.9 Å². The molecule has 0 amide bonds. The van der Waals surface area contributed by atoms with E-state index >= 15 is 0 Å². The van der Waals surface area contributed by atoms with Crippen LogP contribution in [0.5, 0.6) is 0 Å². The Hall–Kier alpha value is -0.440. The average molecular weight is 413 g/mol. The summed E-state index contributed by atoms with van der Waals surface area (Å²) < 4.78 is 10.5. The van der Waals surface area contributed by atoms with Gasteiger partial charge >= 0.3 is 0 Å². The van der Waals surface area contributed by atoms with Gasteiger partial charge < -0.3 is 55.6 Å². The van der Waals surface area contributed by atoms with Crippen molar-refractivity contribution in [2.45, 2.75) is 81.3 Å². The van der Waals surface area contributed by atoms with Gasteiger partial charge in [0.15, 0.2) is 6.29 Å². The van der Waals surface area contributed by atoms with Crippen LogP contribution in [-0.4, -0.2) is 122 Å². The second-order valence-corrected chi connectivity index (χ2v) is 7.02. The highest BCUT2D eigenvalue weighted by molar-refractivity contribution is 4.91. The average Bonchev–Trinajstić information content (AvgIpc) is 2.70. The maximum Gasteiger partial charge on any atom is 0.187 e. The van der Waals surface area contributed by atoms with Crippen LogP contribution in [0.15, 0.2) is 0 Å². The number of aliphatic hydroxyl groups excluding tert-OH is 8. The van der Waals surface area contributed by atoms with E-state index in [0.29, 0.717) is 6.54 Å². The lowest BCUT2D eigenvalue weighted by atomic mass is 9.98. The first kappa shape index (κ1) is 25.6. The van der Waals surface area contributed by atoms with Gasteiger partial charge in [0, 0.05) is 6.54 Å². The molecule has 0 unspecified atom stereocenters. The highest BCUT2D eigenvalue weighted by atomic mass is 16.7. The van der Waals surface area contributed by atoms with Crippen LogP contribution in [0.25, 0.3) is 0 Å². The third kappa shape index (κ3) is 7.11. The first-order chi connectivity index (χ1) is 13.3. The summed E-state index contributed by atoms with van der Waals surface area (Å²) in [6.45, 7) is 1.19. The van der Waals surface area contributed by atoms with Crippen LogP contribution in [-0.2, 0) is 9.47 Å². The van der Waals surface area contributed by atoms with Gasteiger partial charge in [-0.15, -0.1) is 0 Å². The van der Waals surface area contributed by atoms with Gasteiger partial charge in [-0.25, -0.2) is 0 Å². The molecule has 1 fully saturated rings. The number of aliphatic hydroxyl groups is 8. The monoisotopic (exact) mass is 413 g/mol. The molecule has 9 atom stereocenters. The van der Waals surface area contributed by atoms with Crippen molar-refractivity contribution in [3.63, 3.8) is 0 Å². The summed E-state index contributed by atoms with van der Waals surface area (Å²) in [5.41, 5.74) is 0. The van der Waals surface area contributed by atoms with E-state index in [4.69, 9.17) is 9.47 Å². The predicted octanol–water partition coefficient (Wildman–Crippen LogP) is -3.97. The molecule has 0 aromatic rings. The third-order valence-corrected chi connectivity index (χ3v) is 4.75. The van der Waals surface area contributed by atoms with Crippen molar-refractivity contribution < 1.29 is 50.3 Å². The second-order valence-electron chi connectivity index (χ2n) is 7.02. The number of rotatable bonds is 13. The highest BCUT2D eigenvalue weighted by Crippen LogP contribution is 2.24. The van der Waals surface area contributed by atoms with Gasteiger partial charge in [-0.05, 0) is 13.0 Å². The molecule has 11 nitrogen and oxygen atoms in total. The molecule has 0 bridgehead atoms. The number of hydrogen-bond acceptors (Lipinski definition) is 11. The molecule has 0 saturated carbocycles. The van der Waals surface area contributed by atoms with Gasteiger partial charge in [0.25, 0.3) is 0 Å². The summed E-state index contributed by atoms with van der Waals surface area (Å²) in [4.78, 5) is 0. The number of nitrogens with one attached hydrogen (secondary N) is 1. The molecule has 0 aromatic heterocycles. The normalized spacial score (nSPS) is 32.7. The van der Waals surface area contributed by atoms with Crippen molar-refractivity contribution in [2.75, 3.05) is 26.3 Å². The maximum atomic E-state index is 10.4. The molecule has 11 heteroatoms. The molecule has 1 aliphatic rings. The minimum Gasteiger partial charge on any atom is -0.394 e. The minimum atomic E-state index is -1.75. The Morgan fingerprint density at radius 1 is 0.964 bits per heavy atom. The molecule has 1 rings (SSSR count). The highest BCUT2D eigenvalue weighted by Gasteiger charge is 2.46. The van der Waals surface area contributed by atoms with Crippen molar-refractivity contribution in [1.29, 1.82) is 0 Å². The Balaban J connectivity index is 2.73. The van der Waals surface area contributed by atoms with E-state index in [2.05, 4.69) is 12.2 Å². The molecule has 0 spiro atoms. The first-order valence-corrected chi connectivity index (χ1v) is 9.60. The van der Waals surface area contributed by atoms with Crippen LogP contribution in [0, 0.1) is 0 Å². The summed E-state index contributed by atoms with van der Waals surface area (Å²) in [6, 6.07) is 0. The van der Waals surface area contributed by atoms with Gasteiger partial charge in [0.1, 0.15) is 42.7 Å². The molecule has 1 saturated heterocycles. The summed E-state index contributed by atoms with van der Waals surface area (Å²) in [6.07, 6.45) is -11.2. The molecule has 28 heavy (non-hydrogen) atoms. The van der Waals surface area contributed by atoms with E-state index < -0.39 is 68.3 Å². The lowest BCUT2D eigenvalue weighted by Gasteiger charge is -2.42. The van der Waals surface area contributed by atoms with Crippen LogP contribution in [0.3, 0.4) is 0 Å². The number of hydrogen-bond donors (Lipinski definition) is 9. The van der Waals surface area contributed by atoms with Crippen molar-refractivity contribution in [3.8, 4) is 0 Å². The Bertz CT molecular complexity index is 415. The fourth-order valence-corrected chi connectivity index (χ4v) is 2.93. The van der Waals surface area contributed by atoms with Gasteiger partial charge in [0.05, 0.1) is 19.3 Å². The largest absolute Gasteiger partial charge is 0.394 e. The lowest BCUT2D eigenvalue weighted by Crippen LogP contribution is -2.61. The zero-order valence-corrected chi connectivity index (χ0v) is 16.0. The minimum absolute atomic E-state index is 0.00241. The van der Waals surface area contributed by atoms with Crippen LogP contribution < -0.4 is 5.32 Å². The number of ether oxygens (including phenoxy) is 2. The van der Waals surface area contributed by atoms with Gasteiger partial charge in [-0.2, -0.15) is 0 Å². The molecule has 168 valence electrons. The molecule has 0 aliphatic carbocycles. The summed E-state index contributed by atoms with van der Waals surface area (Å²) in [5.74, 6) is 0. The second kappa shape index (κ2) is 13.0. The molecular formula is C17H35NO10. The standard InChI is InChI=1S/C17H35NO10/c1-2-3-4-5-18-6-9(21)12(23)16(10(22)7-19)28-17-15(26)14(25)13(24)11(8-20)27-17/h9-26H,2-8H2,1H3/t9-,10+,11+,12+,13-,14-,15+,16+,17-/m0/s1. The van der Waals surface area contributed by atoms with Crippen molar-refractivity contribution >= 4 is 0 Å². The third-order valence-electron chi connectivity index (χ3n) is 4.75. The molecule has 0 aromatic carbocycles. The van der Waals surface area contributed by atoms with Crippen LogP contribution in [0.4, 0.5) is 0 Å². The van der Waals surface area contributed by atoms with E-state index in [1.165, 1.54) is 0 Å². The van der Waals surface area contributed by atoms with Crippen molar-refractivity contribution in [1.82, 2.24) is 5.32 Å². The fraction of sp³-hybridized carbons (Fsp3) is 1.00. The van der Waals surface area contributed by atoms with Crippen LogP contribution in [0.1, 0.15) is 26.2 Å².